The van der Waals surface area contributed by atoms with Crippen LogP contribution in [0.1, 0.15) is 25.3 Å². The highest BCUT2D eigenvalue weighted by Gasteiger charge is 2.65. The van der Waals surface area contributed by atoms with Gasteiger partial charge < -0.3 is 14.2 Å². The summed E-state index contributed by atoms with van der Waals surface area (Å²) >= 11 is 0. The fraction of sp³-hybridized carbons (Fsp3) is 0.286. The number of rotatable bonds is 5. The van der Waals surface area contributed by atoms with Gasteiger partial charge in [-0.3, -0.25) is 0 Å². The molecule has 1 aliphatic heterocycles. The summed E-state index contributed by atoms with van der Waals surface area (Å²) in [5.74, 6) is -3.79. The Hall–Kier alpha value is -3.15. The molecule has 2 aromatic rings. The Bertz CT molecular complexity index is 911. The van der Waals surface area contributed by atoms with Gasteiger partial charge in [0.1, 0.15) is 0 Å². The molecular weight excluding hydrogens is 348 g/mol. The third-order valence-corrected chi connectivity index (χ3v) is 4.54. The Morgan fingerprint density at radius 3 is 2.22 bits per heavy atom. The summed E-state index contributed by atoms with van der Waals surface area (Å²) < 4.78 is 15.4. The maximum Gasteiger partial charge on any atom is 0.363 e. The van der Waals surface area contributed by atoms with Gasteiger partial charge in [0.25, 0.3) is 0 Å². The zero-order valence-corrected chi connectivity index (χ0v) is 15.2. The number of cyclic esters (lactones) is 1. The van der Waals surface area contributed by atoms with Crippen LogP contribution >= 0.6 is 0 Å². The predicted molar refractivity (Wildman–Crippen MR) is 97.9 cm³/mol. The number of carbonyl (C=O) groups is 3. The first kappa shape index (κ1) is 18.6. The maximum atomic E-state index is 12.8. The van der Waals surface area contributed by atoms with E-state index in [0.29, 0.717) is 5.56 Å². The van der Waals surface area contributed by atoms with E-state index in [2.05, 4.69) is 6.58 Å². The van der Waals surface area contributed by atoms with E-state index in [1.54, 1.807) is 26.0 Å². The minimum Gasteiger partial charge on any atom is -0.463 e. The molecular formula is C21H20O6. The number of ether oxygens (including phenoxy) is 3. The molecule has 0 N–H and O–H groups in total. The SMILES string of the molecule is C=C1C(=O)OC(C(=O)OCC)(C(=O)OCC)[C@H]1c1ccc2ccccc2c1. The van der Waals surface area contributed by atoms with E-state index in [9.17, 15) is 14.4 Å². The zero-order chi connectivity index (χ0) is 19.6. The molecule has 1 heterocycles. The smallest absolute Gasteiger partial charge is 0.363 e. The number of hydrogen-bond donors (Lipinski definition) is 0. The van der Waals surface area contributed by atoms with Gasteiger partial charge in [0.05, 0.1) is 19.1 Å². The van der Waals surface area contributed by atoms with Crippen molar-refractivity contribution < 1.29 is 28.6 Å². The molecule has 0 spiro atoms. The first-order chi connectivity index (χ1) is 13.0. The molecule has 0 aromatic heterocycles. The summed E-state index contributed by atoms with van der Waals surface area (Å²) in [6.45, 7) is 7.02. The van der Waals surface area contributed by atoms with E-state index in [-0.39, 0.29) is 18.8 Å². The molecule has 3 rings (SSSR count). The number of carbonyl (C=O) groups excluding carboxylic acids is 3. The number of benzene rings is 2. The summed E-state index contributed by atoms with van der Waals surface area (Å²) in [5.41, 5.74) is -1.68. The Kier molecular flexibility index (Phi) is 4.99. The highest BCUT2D eigenvalue weighted by molar-refractivity contribution is 6.13. The minimum atomic E-state index is -2.23. The van der Waals surface area contributed by atoms with Crippen molar-refractivity contribution in [3.05, 3.63) is 60.2 Å². The molecule has 0 amide bonds. The quantitative estimate of drug-likeness (QED) is 0.349. The zero-order valence-electron chi connectivity index (χ0n) is 15.2. The van der Waals surface area contributed by atoms with Crippen molar-refractivity contribution in [2.45, 2.75) is 25.4 Å². The third-order valence-electron chi connectivity index (χ3n) is 4.54. The van der Waals surface area contributed by atoms with Crippen molar-refractivity contribution in [2.75, 3.05) is 13.2 Å². The number of fused-ring (bicyclic) bond motifs is 1. The van der Waals surface area contributed by atoms with Crippen LogP contribution in [0.4, 0.5) is 0 Å². The van der Waals surface area contributed by atoms with E-state index in [4.69, 9.17) is 14.2 Å². The minimum absolute atomic E-state index is 0.00591. The standard InChI is InChI=1S/C21H20O6/c1-4-25-19(23)21(20(24)26-5-2)17(13(3)18(22)27-21)16-11-10-14-8-6-7-9-15(14)12-16/h6-12,17H,3-5H2,1-2H3/t17-/m1/s1. The van der Waals surface area contributed by atoms with Crippen molar-refractivity contribution in [2.24, 2.45) is 0 Å². The van der Waals surface area contributed by atoms with Gasteiger partial charge in [-0.25, -0.2) is 14.4 Å². The summed E-state index contributed by atoms with van der Waals surface area (Å²) in [5, 5.41) is 1.87. The Balaban J connectivity index is 2.20. The molecule has 140 valence electrons. The van der Waals surface area contributed by atoms with Crippen LogP contribution < -0.4 is 0 Å². The summed E-state index contributed by atoms with van der Waals surface area (Å²) in [4.78, 5) is 37.9. The third kappa shape index (κ3) is 2.97. The predicted octanol–water partition coefficient (Wildman–Crippen LogP) is 2.90. The van der Waals surface area contributed by atoms with E-state index in [1.807, 2.05) is 30.3 Å². The van der Waals surface area contributed by atoms with Gasteiger partial charge in [-0.2, -0.15) is 0 Å². The molecule has 27 heavy (non-hydrogen) atoms. The lowest BCUT2D eigenvalue weighted by Crippen LogP contribution is -2.52. The Labute approximate surface area is 156 Å². The van der Waals surface area contributed by atoms with Crippen LogP contribution in [-0.4, -0.2) is 36.7 Å². The average Bonchev–Trinajstić information content (AvgIpc) is 2.94. The lowest BCUT2D eigenvalue weighted by molar-refractivity contribution is -0.190. The molecule has 1 fully saturated rings. The summed E-state index contributed by atoms with van der Waals surface area (Å²) in [7, 11) is 0. The molecule has 0 saturated carbocycles. The van der Waals surface area contributed by atoms with Crippen LogP contribution in [0.25, 0.3) is 10.8 Å². The molecule has 1 saturated heterocycles. The molecule has 0 aliphatic carbocycles. The molecule has 0 bridgehead atoms. The molecule has 6 heteroatoms. The topological polar surface area (TPSA) is 78.9 Å². The molecule has 0 radical (unpaired) electrons. The number of esters is 3. The largest absolute Gasteiger partial charge is 0.463 e. The van der Waals surface area contributed by atoms with Crippen molar-refractivity contribution in [3.8, 4) is 0 Å². The average molecular weight is 368 g/mol. The van der Waals surface area contributed by atoms with Crippen LogP contribution in [0.15, 0.2) is 54.6 Å². The fourth-order valence-electron chi connectivity index (χ4n) is 3.34. The van der Waals surface area contributed by atoms with Crippen LogP contribution in [0.5, 0.6) is 0 Å². The second kappa shape index (κ2) is 7.23. The van der Waals surface area contributed by atoms with Gasteiger partial charge in [-0.1, -0.05) is 49.0 Å². The fourth-order valence-corrected chi connectivity index (χ4v) is 3.34. The van der Waals surface area contributed by atoms with Crippen LogP contribution in [0, 0.1) is 0 Å². The molecule has 0 unspecified atom stereocenters. The van der Waals surface area contributed by atoms with Gasteiger partial charge in [0, 0.05) is 5.57 Å². The monoisotopic (exact) mass is 368 g/mol. The number of hydrogen-bond acceptors (Lipinski definition) is 6. The second-order valence-electron chi connectivity index (χ2n) is 6.13. The first-order valence-corrected chi connectivity index (χ1v) is 8.71. The molecule has 1 atom stereocenters. The van der Waals surface area contributed by atoms with E-state index in [1.165, 1.54) is 0 Å². The Morgan fingerprint density at radius 1 is 1.04 bits per heavy atom. The summed E-state index contributed by atoms with van der Waals surface area (Å²) in [6.07, 6.45) is 0. The van der Waals surface area contributed by atoms with E-state index >= 15 is 0 Å². The van der Waals surface area contributed by atoms with Crippen LogP contribution in [0.3, 0.4) is 0 Å². The van der Waals surface area contributed by atoms with E-state index in [0.717, 1.165) is 10.8 Å². The maximum absolute atomic E-state index is 12.8. The van der Waals surface area contributed by atoms with E-state index < -0.39 is 29.4 Å². The van der Waals surface area contributed by atoms with Crippen molar-refractivity contribution in [3.63, 3.8) is 0 Å². The van der Waals surface area contributed by atoms with Crippen molar-refractivity contribution >= 4 is 28.7 Å². The van der Waals surface area contributed by atoms with Crippen LogP contribution in [0.2, 0.25) is 0 Å². The molecule has 1 aliphatic rings. The highest BCUT2D eigenvalue weighted by atomic mass is 16.6. The lowest BCUT2D eigenvalue weighted by atomic mass is 9.79. The van der Waals surface area contributed by atoms with Crippen molar-refractivity contribution in [1.29, 1.82) is 0 Å². The second-order valence-corrected chi connectivity index (χ2v) is 6.13. The van der Waals surface area contributed by atoms with Gasteiger partial charge in [-0.15, -0.1) is 0 Å². The Morgan fingerprint density at radius 2 is 1.63 bits per heavy atom. The first-order valence-electron chi connectivity index (χ1n) is 8.71. The van der Waals surface area contributed by atoms with Crippen LogP contribution in [-0.2, 0) is 28.6 Å². The lowest BCUT2D eigenvalue weighted by Gasteiger charge is -2.28. The van der Waals surface area contributed by atoms with Gasteiger partial charge >= 0.3 is 23.5 Å². The van der Waals surface area contributed by atoms with Gasteiger partial charge in [0.2, 0.25) is 0 Å². The molecule has 2 aromatic carbocycles. The summed E-state index contributed by atoms with van der Waals surface area (Å²) in [6, 6.07) is 13.0. The normalized spacial score (nSPS) is 18.2. The molecule has 6 nitrogen and oxygen atoms in total. The highest BCUT2D eigenvalue weighted by Crippen LogP contribution is 2.46. The van der Waals surface area contributed by atoms with Crippen molar-refractivity contribution in [1.82, 2.24) is 0 Å². The van der Waals surface area contributed by atoms with Gasteiger partial charge in [-0.05, 0) is 30.2 Å². The van der Waals surface area contributed by atoms with Gasteiger partial charge in [0.15, 0.2) is 0 Å².